The molecule has 2 aliphatic rings. The SMILES string of the molecule is C[C@@H]1CCc2c(sc3c2CSC(C(=O)Nc2cccc(Cl)c2)=C3)C1. The summed E-state index contributed by atoms with van der Waals surface area (Å²) >= 11 is 9.50. The van der Waals surface area contributed by atoms with Crippen molar-refractivity contribution in [1.29, 1.82) is 0 Å². The van der Waals surface area contributed by atoms with Crippen molar-refractivity contribution in [2.24, 2.45) is 5.92 Å². The van der Waals surface area contributed by atoms with E-state index in [0.29, 0.717) is 5.02 Å². The lowest BCUT2D eigenvalue weighted by Crippen LogP contribution is -2.14. The summed E-state index contributed by atoms with van der Waals surface area (Å²) in [5.74, 6) is 1.64. The minimum absolute atomic E-state index is 0.0485. The van der Waals surface area contributed by atoms with Crippen molar-refractivity contribution in [1.82, 2.24) is 0 Å². The Hall–Kier alpha value is -1.23. The summed E-state index contributed by atoms with van der Waals surface area (Å²) in [6, 6.07) is 7.26. The highest BCUT2D eigenvalue weighted by molar-refractivity contribution is 8.03. The van der Waals surface area contributed by atoms with Crippen LogP contribution in [0.3, 0.4) is 0 Å². The number of benzene rings is 1. The molecule has 5 heteroatoms. The standard InChI is InChI=1S/C19H18ClNOS2/c1-11-5-6-14-15-10-23-18(9-17(15)24-16(14)7-11)19(22)21-13-4-2-3-12(20)8-13/h2-4,8-9,11H,5-7,10H2,1H3,(H,21,22)/t11-/m1/s1. The maximum absolute atomic E-state index is 12.5. The van der Waals surface area contributed by atoms with Crippen molar-refractivity contribution in [3.05, 3.63) is 55.1 Å². The van der Waals surface area contributed by atoms with Crippen molar-refractivity contribution < 1.29 is 4.79 Å². The van der Waals surface area contributed by atoms with Gasteiger partial charge in [-0.3, -0.25) is 4.79 Å². The number of fused-ring (bicyclic) bond motifs is 3. The molecule has 0 saturated carbocycles. The molecule has 24 heavy (non-hydrogen) atoms. The van der Waals surface area contributed by atoms with Gasteiger partial charge in [0.25, 0.3) is 5.91 Å². The molecule has 124 valence electrons. The van der Waals surface area contributed by atoms with Crippen molar-refractivity contribution in [3.63, 3.8) is 0 Å². The van der Waals surface area contributed by atoms with Crippen LogP contribution in [-0.2, 0) is 23.4 Å². The van der Waals surface area contributed by atoms with Gasteiger partial charge in [-0.1, -0.05) is 24.6 Å². The highest BCUT2D eigenvalue weighted by Gasteiger charge is 2.26. The fourth-order valence-electron chi connectivity index (χ4n) is 3.31. The van der Waals surface area contributed by atoms with E-state index in [-0.39, 0.29) is 5.91 Å². The molecule has 1 aliphatic heterocycles. The molecule has 1 aliphatic carbocycles. The highest BCUT2D eigenvalue weighted by Crippen LogP contribution is 2.43. The number of amides is 1. The first-order valence-electron chi connectivity index (χ1n) is 8.15. The summed E-state index contributed by atoms with van der Waals surface area (Å²) in [6.07, 6.45) is 5.74. The molecule has 1 aromatic carbocycles. The van der Waals surface area contributed by atoms with Crippen LogP contribution in [0.1, 0.15) is 34.2 Å². The summed E-state index contributed by atoms with van der Waals surface area (Å²) in [4.78, 5) is 16.1. The molecule has 1 N–H and O–H groups in total. The average Bonchev–Trinajstić information content (AvgIpc) is 2.91. The van der Waals surface area contributed by atoms with Gasteiger partial charge in [0.2, 0.25) is 0 Å². The number of thiophene rings is 1. The third-order valence-electron chi connectivity index (χ3n) is 4.59. The van der Waals surface area contributed by atoms with Crippen molar-refractivity contribution >= 4 is 52.4 Å². The normalized spacial score (nSPS) is 19.2. The number of hydrogen-bond acceptors (Lipinski definition) is 3. The van der Waals surface area contributed by atoms with Crippen molar-refractivity contribution in [3.8, 4) is 0 Å². The van der Waals surface area contributed by atoms with E-state index in [2.05, 4.69) is 18.3 Å². The molecule has 1 amide bonds. The number of anilines is 1. The molecule has 1 aromatic heterocycles. The molecule has 0 unspecified atom stereocenters. The third kappa shape index (κ3) is 3.15. The third-order valence-corrected chi connectivity index (χ3v) is 7.12. The smallest absolute Gasteiger partial charge is 0.262 e. The lowest BCUT2D eigenvalue weighted by molar-refractivity contribution is -0.112. The van der Waals surface area contributed by atoms with Crippen LogP contribution >= 0.6 is 34.7 Å². The average molecular weight is 376 g/mol. The van der Waals surface area contributed by atoms with E-state index in [9.17, 15) is 4.79 Å². The molecular weight excluding hydrogens is 358 g/mol. The van der Waals surface area contributed by atoms with Gasteiger partial charge in [0.1, 0.15) is 0 Å². The number of rotatable bonds is 2. The maximum Gasteiger partial charge on any atom is 0.262 e. The first kappa shape index (κ1) is 16.2. The van der Waals surface area contributed by atoms with Gasteiger partial charge in [0.15, 0.2) is 0 Å². The summed E-state index contributed by atoms with van der Waals surface area (Å²) in [7, 11) is 0. The molecule has 2 nitrogen and oxygen atoms in total. The molecule has 0 bridgehead atoms. The number of halogens is 1. The van der Waals surface area contributed by atoms with Crippen LogP contribution < -0.4 is 5.32 Å². The summed E-state index contributed by atoms with van der Waals surface area (Å²) in [5.41, 5.74) is 3.76. The lowest BCUT2D eigenvalue weighted by atomic mass is 9.88. The first-order chi connectivity index (χ1) is 11.6. The van der Waals surface area contributed by atoms with E-state index in [1.54, 1.807) is 29.5 Å². The van der Waals surface area contributed by atoms with Crippen molar-refractivity contribution in [2.45, 2.75) is 31.9 Å². The predicted octanol–water partition coefficient (Wildman–Crippen LogP) is 5.75. The van der Waals surface area contributed by atoms with E-state index < -0.39 is 0 Å². The quantitative estimate of drug-likeness (QED) is 0.723. The molecular formula is C19H18ClNOS2. The maximum atomic E-state index is 12.5. The second kappa shape index (κ2) is 6.58. The van der Waals surface area contributed by atoms with Gasteiger partial charge < -0.3 is 5.32 Å². The van der Waals surface area contributed by atoms with Crippen LogP contribution in [0.15, 0.2) is 29.2 Å². The molecule has 0 radical (unpaired) electrons. The van der Waals surface area contributed by atoms with Gasteiger partial charge in [-0.05, 0) is 60.6 Å². The molecule has 0 fully saturated rings. The second-order valence-electron chi connectivity index (χ2n) is 6.46. The molecule has 4 rings (SSSR count). The minimum Gasteiger partial charge on any atom is -0.321 e. The summed E-state index contributed by atoms with van der Waals surface area (Å²) < 4.78 is 0. The molecule has 2 heterocycles. The Morgan fingerprint density at radius 2 is 2.21 bits per heavy atom. The molecule has 1 atom stereocenters. The second-order valence-corrected chi connectivity index (χ2v) is 9.05. The van der Waals surface area contributed by atoms with E-state index in [1.165, 1.54) is 34.6 Å². The zero-order valence-electron chi connectivity index (χ0n) is 13.4. The fraction of sp³-hybridized carbons (Fsp3) is 0.316. The molecule has 0 saturated heterocycles. The lowest BCUT2D eigenvalue weighted by Gasteiger charge is -2.19. The van der Waals surface area contributed by atoms with Crippen LogP contribution in [-0.4, -0.2) is 5.91 Å². The zero-order valence-corrected chi connectivity index (χ0v) is 15.8. The Morgan fingerprint density at radius 3 is 3.04 bits per heavy atom. The van der Waals surface area contributed by atoms with Gasteiger partial charge in [0.05, 0.1) is 4.91 Å². The monoisotopic (exact) mass is 375 g/mol. The summed E-state index contributed by atoms with van der Waals surface area (Å²) in [6.45, 7) is 2.33. The van der Waals surface area contributed by atoms with E-state index >= 15 is 0 Å². The largest absolute Gasteiger partial charge is 0.321 e. The van der Waals surface area contributed by atoms with Gasteiger partial charge in [-0.15, -0.1) is 23.1 Å². The Balaban J connectivity index is 1.57. The van der Waals surface area contributed by atoms with Crippen LogP contribution in [0.5, 0.6) is 0 Å². The number of carbonyl (C=O) groups is 1. The van der Waals surface area contributed by atoms with Gasteiger partial charge in [-0.25, -0.2) is 0 Å². The van der Waals surface area contributed by atoms with Gasteiger partial charge in [0, 0.05) is 26.2 Å². The Kier molecular flexibility index (Phi) is 4.46. The van der Waals surface area contributed by atoms with Crippen LogP contribution in [0.25, 0.3) is 6.08 Å². The Bertz CT molecular complexity index is 840. The highest BCUT2D eigenvalue weighted by atomic mass is 35.5. The number of carbonyl (C=O) groups excluding carboxylic acids is 1. The number of thioether (sulfide) groups is 1. The number of nitrogens with one attached hydrogen (secondary N) is 1. The minimum atomic E-state index is -0.0485. The van der Waals surface area contributed by atoms with Crippen LogP contribution in [0.4, 0.5) is 5.69 Å². The summed E-state index contributed by atoms with van der Waals surface area (Å²) in [5, 5.41) is 3.57. The molecule has 0 spiro atoms. The Labute approximate surface area is 155 Å². The first-order valence-corrected chi connectivity index (χ1v) is 10.3. The van der Waals surface area contributed by atoms with E-state index in [4.69, 9.17) is 11.6 Å². The van der Waals surface area contributed by atoms with E-state index in [1.807, 2.05) is 23.5 Å². The number of hydrogen-bond donors (Lipinski definition) is 1. The zero-order chi connectivity index (χ0) is 16.7. The van der Waals surface area contributed by atoms with Gasteiger partial charge in [-0.2, -0.15) is 0 Å². The fourth-order valence-corrected chi connectivity index (χ4v) is 6.16. The molecule has 2 aromatic rings. The Morgan fingerprint density at radius 1 is 1.33 bits per heavy atom. The van der Waals surface area contributed by atoms with Crippen molar-refractivity contribution in [2.75, 3.05) is 5.32 Å². The van der Waals surface area contributed by atoms with E-state index in [0.717, 1.165) is 22.3 Å². The van der Waals surface area contributed by atoms with Crippen LogP contribution in [0, 0.1) is 5.92 Å². The van der Waals surface area contributed by atoms with Crippen LogP contribution in [0.2, 0.25) is 5.02 Å². The topological polar surface area (TPSA) is 29.1 Å². The van der Waals surface area contributed by atoms with Gasteiger partial charge >= 0.3 is 0 Å². The predicted molar refractivity (Wildman–Crippen MR) is 105 cm³/mol.